The van der Waals surface area contributed by atoms with Crippen molar-refractivity contribution in [2.75, 3.05) is 34.4 Å². The van der Waals surface area contributed by atoms with E-state index in [-0.39, 0.29) is 25.1 Å². The van der Waals surface area contributed by atoms with Crippen molar-refractivity contribution in [3.05, 3.63) is 110 Å². The second-order valence-electron chi connectivity index (χ2n) is 8.52. The molecule has 0 amide bonds. The molecule has 12 nitrogen and oxygen atoms in total. The van der Waals surface area contributed by atoms with Gasteiger partial charge in [0, 0.05) is 14.2 Å². The van der Waals surface area contributed by atoms with Crippen LogP contribution in [-0.4, -0.2) is 69.5 Å². The molecule has 5 heterocycles. The first kappa shape index (κ1) is 47.3. The molecule has 0 fully saturated rings. The van der Waals surface area contributed by atoms with Gasteiger partial charge in [-0.25, -0.2) is 24.9 Å². The molecule has 0 unspecified atom stereocenters. The first-order valence-corrected chi connectivity index (χ1v) is 18.8. The van der Waals surface area contributed by atoms with E-state index in [0.717, 1.165) is 12.9 Å². The Morgan fingerprint density at radius 1 is 0.549 bits per heavy atom. The predicted molar refractivity (Wildman–Crippen MR) is 224 cm³/mol. The summed E-state index contributed by atoms with van der Waals surface area (Å²) in [5.74, 6) is 2.42. The van der Waals surface area contributed by atoms with Crippen LogP contribution in [0.25, 0.3) is 0 Å². The molecule has 5 aromatic heterocycles. The van der Waals surface area contributed by atoms with Crippen LogP contribution in [0.4, 0.5) is 0 Å². The van der Waals surface area contributed by atoms with Crippen LogP contribution in [0.1, 0.15) is 6.92 Å². The fourth-order valence-corrected chi connectivity index (χ4v) is 5.49. The van der Waals surface area contributed by atoms with E-state index in [2.05, 4.69) is 70.1 Å². The van der Waals surface area contributed by atoms with Crippen molar-refractivity contribution in [3.8, 4) is 28.7 Å². The molecule has 276 valence electrons. The lowest BCUT2D eigenvalue weighted by molar-refractivity contribution is 0.0502. The molecule has 0 aliphatic rings. The molecule has 0 radical (unpaired) electrons. The van der Waals surface area contributed by atoms with Crippen molar-refractivity contribution in [2.24, 2.45) is 0 Å². The monoisotopic (exact) mass is 1140 g/mol. The van der Waals surface area contributed by atoms with Gasteiger partial charge in [0.2, 0.25) is 0 Å². The number of aromatic nitrogens is 5. The Morgan fingerprint density at radius 3 is 1.39 bits per heavy atom. The summed E-state index contributed by atoms with van der Waals surface area (Å²) in [6.45, 7) is 3.03. The molecule has 0 aromatic carbocycles. The van der Waals surface area contributed by atoms with E-state index in [1.165, 1.54) is 24.5 Å². The normalized spacial score (nSPS) is 9.63. The van der Waals surface area contributed by atoms with Gasteiger partial charge in [0.15, 0.2) is 25.1 Å². The highest BCUT2D eigenvalue weighted by Gasteiger charge is 2.02. The Bertz CT molecular complexity index is 1700. The number of hydrogen-bond acceptors (Lipinski definition) is 12. The van der Waals surface area contributed by atoms with E-state index in [1.807, 2.05) is 29.5 Å². The summed E-state index contributed by atoms with van der Waals surface area (Å²) < 4.78 is 27.6. The summed E-state index contributed by atoms with van der Waals surface area (Å²) in [5, 5.41) is 19.8. The zero-order chi connectivity index (χ0) is 38.2. The van der Waals surface area contributed by atoms with Crippen molar-refractivity contribution < 1.29 is 33.9 Å². The molecule has 0 spiro atoms. The zero-order valence-electron chi connectivity index (χ0n) is 26.7. The van der Waals surface area contributed by atoms with Crippen molar-refractivity contribution in [1.82, 2.24) is 24.9 Å². The topological polar surface area (TPSA) is 151 Å². The predicted octanol–water partition coefficient (Wildman–Crippen LogP) is 10.3. The fourth-order valence-electron chi connectivity index (χ4n) is 2.62. The van der Waals surface area contributed by atoms with Gasteiger partial charge in [0.25, 0.3) is 0 Å². The lowest BCUT2D eigenvalue weighted by Crippen LogP contribution is -2.00. The quantitative estimate of drug-likeness (QED) is 0.0865. The van der Waals surface area contributed by atoms with Crippen molar-refractivity contribution in [1.29, 1.82) is 0 Å². The molecular weight excluding hydrogens is 1110 g/mol. The zero-order valence-corrected chi connectivity index (χ0v) is 37.0. The van der Waals surface area contributed by atoms with Gasteiger partial charge >= 0.3 is 0 Å². The van der Waals surface area contributed by atoms with Crippen LogP contribution in [-0.2, 0) is 9.47 Å². The van der Waals surface area contributed by atoms with E-state index in [9.17, 15) is 0 Å². The lowest BCUT2D eigenvalue weighted by Gasteiger charge is -2.05. The minimum Gasteiger partial charge on any atom is -0.506 e. The van der Waals surface area contributed by atoms with Gasteiger partial charge in [-0.05, 0) is 117 Å². The van der Waals surface area contributed by atoms with Gasteiger partial charge in [-0.2, -0.15) is 0 Å². The SMILES string of the molecule is CCOc1cnc(Cl)cc1I.COCOc1ccc(Cl)nc1.COCOc1cnc(Cl)cc1I.Oc1ccc(Cl)nc1.Oc1cnc(Cl)cc1I. The highest BCUT2D eigenvalue weighted by Crippen LogP contribution is 2.23. The largest absolute Gasteiger partial charge is 0.506 e. The van der Waals surface area contributed by atoms with Crippen molar-refractivity contribution in [2.45, 2.75) is 6.92 Å². The summed E-state index contributed by atoms with van der Waals surface area (Å²) in [6.07, 6.45) is 7.37. The van der Waals surface area contributed by atoms with Gasteiger partial charge < -0.3 is 33.9 Å². The summed E-state index contributed by atoms with van der Waals surface area (Å²) in [6, 6.07) is 11.5. The Morgan fingerprint density at radius 2 is 1.00 bits per heavy atom. The molecule has 20 heteroatoms. The molecule has 5 aromatic rings. The summed E-state index contributed by atoms with van der Waals surface area (Å²) in [4.78, 5) is 18.8. The standard InChI is InChI=1S/C7H7ClINO2.C7H7ClINO.C7H8ClNO2.C5H3ClINO.C5H4ClNO/c1-11-4-12-6-3-10-7(8)2-5(6)9;1-2-11-6-4-10-7(8)3-5(6)9;1-10-5-11-6-2-3-7(8)9-4-6;6-5-1-3(7)4(9)2-8-5;6-5-2-1-4(8)3-7-5/h2-3H,4H2,1H3;3-4H,2H2,1H3;2-4H,5H2,1H3;1-2,9H;1-3,8H. The van der Waals surface area contributed by atoms with Crippen LogP contribution in [0.2, 0.25) is 25.8 Å². The number of aromatic hydroxyl groups is 2. The fraction of sp³-hybridized carbons (Fsp3) is 0.194. The number of ether oxygens (including phenoxy) is 5. The highest BCUT2D eigenvalue weighted by molar-refractivity contribution is 14.1. The Kier molecular flexibility index (Phi) is 25.8. The van der Waals surface area contributed by atoms with Gasteiger partial charge in [0.1, 0.15) is 43.0 Å². The third-order valence-corrected chi connectivity index (χ3v) is 8.38. The van der Waals surface area contributed by atoms with Crippen LogP contribution in [0.3, 0.4) is 0 Å². The van der Waals surface area contributed by atoms with Crippen LogP contribution >= 0.6 is 126 Å². The van der Waals surface area contributed by atoms with Crippen molar-refractivity contribution in [3.63, 3.8) is 0 Å². The Balaban J connectivity index is 0.000000321. The second-order valence-corrected chi connectivity index (χ2v) is 13.9. The van der Waals surface area contributed by atoms with Crippen molar-refractivity contribution >= 4 is 126 Å². The maximum absolute atomic E-state index is 8.92. The first-order chi connectivity index (χ1) is 24.3. The average molecular weight is 1140 g/mol. The minimum atomic E-state index is 0.134. The molecule has 0 atom stereocenters. The third kappa shape index (κ3) is 22.2. The summed E-state index contributed by atoms with van der Waals surface area (Å²) in [7, 11) is 3.12. The molecule has 0 bridgehead atoms. The maximum atomic E-state index is 8.92. The number of hydrogen-bond donors (Lipinski definition) is 2. The maximum Gasteiger partial charge on any atom is 0.188 e. The number of methoxy groups -OCH3 is 2. The molecule has 5 rings (SSSR count). The van der Waals surface area contributed by atoms with Gasteiger partial charge in [-0.3, -0.25) is 0 Å². The van der Waals surface area contributed by atoms with Crippen LogP contribution in [0.15, 0.2) is 73.4 Å². The number of halogens is 8. The van der Waals surface area contributed by atoms with Gasteiger partial charge in [0.05, 0.1) is 48.3 Å². The second kappa shape index (κ2) is 27.9. The number of nitrogens with zero attached hydrogens (tertiary/aromatic N) is 5. The van der Waals surface area contributed by atoms with Gasteiger partial charge in [-0.15, -0.1) is 0 Å². The summed E-state index contributed by atoms with van der Waals surface area (Å²) >= 11 is 34.0. The third-order valence-electron chi connectivity index (χ3n) is 4.76. The molecule has 2 N–H and O–H groups in total. The van der Waals surface area contributed by atoms with E-state index in [0.29, 0.717) is 47.4 Å². The lowest BCUT2D eigenvalue weighted by atomic mass is 10.5. The van der Waals surface area contributed by atoms with Crippen LogP contribution in [0, 0.1) is 10.7 Å². The molecule has 0 saturated heterocycles. The molecule has 0 aliphatic carbocycles. The molecular formula is C31H29Cl5I3N5O7. The van der Waals surface area contributed by atoms with Gasteiger partial charge in [-0.1, -0.05) is 58.0 Å². The molecule has 51 heavy (non-hydrogen) atoms. The molecule has 0 saturated carbocycles. The number of pyridine rings is 5. The first-order valence-electron chi connectivity index (χ1n) is 13.7. The minimum absolute atomic E-state index is 0.134. The van der Waals surface area contributed by atoms with E-state index < -0.39 is 0 Å². The van der Waals surface area contributed by atoms with E-state index in [1.54, 1.807) is 63.1 Å². The summed E-state index contributed by atoms with van der Waals surface area (Å²) in [5.41, 5.74) is 0. The smallest absolute Gasteiger partial charge is 0.188 e. The Labute approximate surface area is 360 Å². The van der Waals surface area contributed by atoms with Crippen LogP contribution in [0.5, 0.6) is 28.7 Å². The van der Waals surface area contributed by atoms with E-state index >= 15 is 0 Å². The average Bonchev–Trinajstić information content (AvgIpc) is 3.10. The number of rotatable bonds is 8. The molecule has 0 aliphatic heterocycles. The van der Waals surface area contributed by atoms with Crippen LogP contribution < -0.4 is 14.2 Å². The Hall–Kier alpha value is -1.69. The van der Waals surface area contributed by atoms with E-state index in [4.69, 9.17) is 91.9 Å². The highest BCUT2D eigenvalue weighted by atomic mass is 127.